The second-order valence-electron chi connectivity index (χ2n) is 4.87. The molecule has 1 heterocycles. The molecule has 6 heteroatoms. The molecule has 0 N–H and O–H groups in total. The third-order valence-electron chi connectivity index (χ3n) is 3.21. The summed E-state index contributed by atoms with van der Waals surface area (Å²) in [7, 11) is 1.31. The monoisotopic (exact) mass is 304 g/mol. The number of aryl methyl sites for hydroxylation is 2. The van der Waals surface area contributed by atoms with Gasteiger partial charge in [-0.05, 0) is 30.5 Å². The van der Waals surface area contributed by atoms with Gasteiger partial charge in [-0.1, -0.05) is 0 Å². The van der Waals surface area contributed by atoms with Crippen LogP contribution in [-0.4, -0.2) is 19.0 Å². The van der Waals surface area contributed by atoms with Gasteiger partial charge in [-0.25, -0.2) is 4.79 Å². The summed E-state index contributed by atoms with van der Waals surface area (Å²) in [6.07, 6.45) is 0.510. The highest BCUT2D eigenvalue weighted by molar-refractivity contribution is 5.84. The number of ether oxygens (including phenoxy) is 2. The van der Waals surface area contributed by atoms with E-state index < -0.39 is 11.6 Å². The summed E-state index contributed by atoms with van der Waals surface area (Å²) in [6.45, 7) is 3.07. The SMILES string of the molecule is COC(=O)CCc1cc2c(C)cc(=O)oc2cc1OC(C)=O. The minimum absolute atomic E-state index is 0.159. The summed E-state index contributed by atoms with van der Waals surface area (Å²) in [5, 5.41) is 0.732. The Hall–Kier alpha value is -2.63. The molecule has 2 aromatic rings. The Morgan fingerprint density at radius 3 is 2.59 bits per heavy atom. The van der Waals surface area contributed by atoms with Crippen LogP contribution in [0.15, 0.2) is 27.4 Å². The van der Waals surface area contributed by atoms with Crippen LogP contribution in [-0.2, 0) is 20.7 Å². The van der Waals surface area contributed by atoms with Gasteiger partial charge >= 0.3 is 17.6 Å². The van der Waals surface area contributed by atoms with E-state index in [0.29, 0.717) is 17.6 Å². The van der Waals surface area contributed by atoms with E-state index in [9.17, 15) is 14.4 Å². The fraction of sp³-hybridized carbons (Fsp3) is 0.312. The van der Waals surface area contributed by atoms with Crippen molar-refractivity contribution in [3.05, 3.63) is 39.7 Å². The van der Waals surface area contributed by atoms with Crippen LogP contribution in [0, 0.1) is 6.92 Å². The highest BCUT2D eigenvalue weighted by Gasteiger charge is 2.13. The average Bonchev–Trinajstić information content (AvgIpc) is 2.44. The normalized spacial score (nSPS) is 10.5. The number of hydrogen-bond donors (Lipinski definition) is 0. The van der Waals surface area contributed by atoms with E-state index in [-0.39, 0.29) is 18.1 Å². The molecular weight excluding hydrogens is 288 g/mol. The highest BCUT2D eigenvalue weighted by atomic mass is 16.5. The topological polar surface area (TPSA) is 82.8 Å². The molecule has 0 saturated carbocycles. The molecule has 0 unspecified atom stereocenters. The maximum Gasteiger partial charge on any atom is 0.336 e. The van der Waals surface area contributed by atoms with Crippen molar-refractivity contribution in [3.8, 4) is 5.75 Å². The molecule has 2 rings (SSSR count). The maximum absolute atomic E-state index is 11.4. The lowest BCUT2D eigenvalue weighted by Crippen LogP contribution is -2.07. The molecule has 0 saturated heterocycles. The molecule has 0 fully saturated rings. The Labute approximate surface area is 126 Å². The van der Waals surface area contributed by atoms with Gasteiger partial charge in [-0.3, -0.25) is 9.59 Å². The second-order valence-corrected chi connectivity index (χ2v) is 4.87. The number of rotatable bonds is 4. The lowest BCUT2D eigenvalue weighted by atomic mass is 10.0. The fourth-order valence-electron chi connectivity index (χ4n) is 2.17. The third kappa shape index (κ3) is 3.52. The average molecular weight is 304 g/mol. The Bertz CT molecular complexity index is 787. The first-order valence-electron chi connectivity index (χ1n) is 6.73. The van der Waals surface area contributed by atoms with Gasteiger partial charge in [0.05, 0.1) is 7.11 Å². The van der Waals surface area contributed by atoms with Crippen molar-refractivity contribution in [3.63, 3.8) is 0 Å². The second kappa shape index (κ2) is 6.43. The zero-order chi connectivity index (χ0) is 16.3. The molecule has 6 nitrogen and oxygen atoms in total. The molecule has 1 aromatic carbocycles. The molecule has 0 bridgehead atoms. The lowest BCUT2D eigenvalue weighted by molar-refractivity contribution is -0.140. The van der Waals surface area contributed by atoms with Gasteiger partial charge in [0.15, 0.2) is 0 Å². The van der Waals surface area contributed by atoms with E-state index in [2.05, 4.69) is 4.74 Å². The van der Waals surface area contributed by atoms with Crippen molar-refractivity contribution in [1.82, 2.24) is 0 Å². The molecule has 0 aliphatic carbocycles. The van der Waals surface area contributed by atoms with Gasteiger partial charge in [0.1, 0.15) is 11.3 Å². The number of carbonyl (C=O) groups excluding carboxylic acids is 2. The summed E-state index contributed by atoms with van der Waals surface area (Å²) < 4.78 is 14.9. The Kier molecular flexibility index (Phi) is 4.60. The Balaban J connectivity index is 2.52. The smallest absolute Gasteiger partial charge is 0.336 e. The number of hydrogen-bond acceptors (Lipinski definition) is 6. The number of fused-ring (bicyclic) bond motifs is 1. The van der Waals surface area contributed by atoms with E-state index in [1.54, 1.807) is 13.0 Å². The Morgan fingerprint density at radius 1 is 1.23 bits per heavy atom. The first-order valence-corrected chi connectivity index (χ1v) is 6.73. The molecule has 0 aliphatic heterocycles. The van der Waals surface area contributed by atoms with Crippen molar-refractivity contribution in [1.29, 1.82) is 0 Å². The molecule has 0 radical (unpaired) electrons. The standard InChI is InChI=1S/C16H16O6/c1-9-6-16(19)22-14-8-13(21-10(2)17)11(7-12(9)14)4-5-15(18)20-3/h6-8H,4-5H2,1-3H3. The molecule has 116 valence electrons. The predicted molar refractivity (Wildman–Crippen MR) is 78.9 cm³/mol. The van der Waals surface area contributed by atoms with Gasteiger partial charge in [-0.2, -0.15) is 0 Å². The molecule has 0 amide bonds. The van der Waals surface area contributed by atoms with Crippen LogP contribution < -0.4 is 10.4 Å². The molecule has 0 aliphatic rings. The lowest BCUT2D eigenvalue weighted by Gasteiger charge is -2.11. The third-order valence-corrected chi connectivity index (χ3v) is 3.21. The van der Waals surface area contributed by atoms with Crippen molar-refractivity contribution < 1.29 is 23.5 Å². The van der Waals surface area contributed by atoms with Gasteiger partial charge in [-0.15, -0.1) is 0 Å². The van der Waals surface area contributed by atoms with Crippen molar-refractivity contribution in [2.24, 2.45) is 0 Å². The van der Waals surface area contributed by atoms with E-state index in [4.69, 9.17) is 9.15 Å². The van der Waals surface area contributed by atoms with Gasteiger partial charge in [0.25, 0.3) is 0 Å². The first kappa shape index (κ1) is 15.8. The number of carbonyl (C=O) groups is 2. The number of esters is 2. The molecule has 0 spiro atoms. The van der Waals surface area contributed by atoms with Gasteiger partial charge in [0, 0.05) is 30.9 Å². The van der Waals surface area contributed by atoms with E-state index in [0.717, 1.165) is 10.9 Å². The van der Waals surface area contributed by atoms with Crippen LogP contribution in [0.5, 0.6) is 5.75 Å². The zero-order valence-corrected chi connectivity index (χ0v) is 12.6. The van der Waals surface area contributed by atoms with Gasteiger partial charge < -0.3 is 13.9 Å². The number of benzene rings is 1. The summed E-state index contributed by atoms with van der Waals surface area (Å²) in [6, 6.07) is 4.64. The molecule has 1 aromatic heterocycles. The van der Waals surface area contributed by atoms with Crippen molar-refractivity contribution in [2.75, 3.05) is 7.11 Å². The highest BCUT2D eigenvalue weighted by Crippen LogP contribution is 2.28. The maximum atomic E-state index is 11.4. The molecule has 0 atom stereocenters. The van der Waals surface area contributed by atoms with Crippen molar-refractivity contribution in [2.45, 2.75) is 26.7 Å². The summed E-state index contributed by atoms with van der Waals surface area (Å²) in [5.41, 5.74) is 1.29. The zero-order valence-electron chi connectivity index (χ0n) is 12.6. The first-order chi connectivity index (χ1) is 10.4. The van der Waals surface area contributed by atoms with E-state index in [1.807, 2.05) is 0 Å². The minimum Gasteiger partial charge on any atom is -0.469 e. The molecular formula is C16H16O6. The number of methoxy groups -OCH3 is 1. The van der Waals surface area contributed by atoms with E-state index >= 15 is 0 Å². The van der Waals surface area contributed by atoms with E-state index in [1.165, 1.54) is 26.2 Å². The fourth-order valence-corrected chi connectivity index (χ4v) is 2.17. The van der Waals surface area contributed by atoms with Crippen LogP contribution in [0.25, 0.3) is 11.0 Å². The van der Waals surface area contributed by atoms with Crippen LogP contribution >= 0.6 is 0 Å². The van der Waals surface area contributed by atoms with Crippen molar-refractivity contribution >= 4 is 22.9 Å². The largest absolute Gasteiger partial charge is 0.469 e. The van der Waals surface area contributed by atoms with Crippen LogP contribution in [0.1, 0.15) is 24.5 Å². The quantitative estimate of drug-likeness (QED) is 0.489. The molecule has 22 heavy (non-hydrogen) atoms. The predicted octanol–water partition coefficient (Wildman–Crippen LogP) is 2.13. The Morgan fingerprint density at radius 2 is 1.95 bits per heavy atom. The van der Waals surface area contributed by atoms with Crippen LogP contribution in [0.4, 0.5) is 0 Å². The summed E-state index contributed by atoms with van der Waals surface area (Å²) in [4.78, 5) is 34.0. The van der Waals surface area contributed by atoms with Crippen LogP contribution in [0.2, 0.25) is 0 Å². The summed E-state index contributed by atoms with van der Waals surface area (Å²) >= 11 is 0. The van der Waals surface area contributed by atoms with Gasteiger partial charge in [0.2, 0.25) is 0 Å². The minimum atomic E-state index is -0.492. The summed E-state index contributed by atoms with van der Waals surface area (Å²) in [5.74, 6) is -0.573. The van der Waals surface area contributed by atoms with Crippen LogP contribution in [0.3, 0.4) is 0 Å².